The van der Waals surface area contributed by atoms with Crippen LogP contribution in [0.2, 0.25) is 0 Å². The van der Waals surface area contributed by atoms with E-state index >= 15 is 0 Å². The van der Waals surface area contributed by atoms with Crippen molar-refractivity contribution in [3.63, 3.8) is 0 Å². The molecule has 80 valence electrons. The van der Waals surface area contributed by atoms with E-state index in [2.05, 4.69) is 13.0 Å². The molecular weight excluding hydrogens is 188 g/mol. The molecule has 0 aromatic heterocycles. The van der Waals surface area contributed by atoms with Gasteiger partial charge in [-0.15, -0.1) is 0 Å². The molecule has 2 rings (SSSR count). The number of fused-ring (bicyclic) bond motifs is 1. The Morgan fingerprint density at radius 3 is 2.87 bits per heavy atom. The summed E-state index contributed by atoms with van der Waals surface area (Å²) in [5.41, 5.74) is 2.48. The Labute approximate surface area is 90.3 Å². The van der Waals surface area contributed by atoms with E-state index in [0.29, 0.717) is 12.2 Å². The van der Waals surface area contributed by atoms with Crippen LogP contribution in [0.3, 0.4) is 0 Å². The number of aryl methyl sites for hydroxylation is 1. The zero-order chi connectivity index (χ0) is 10.8. The number of ketones is 1. The zero-order valence-corrected chi connectivity index (χ0v) is 9.25. The first kappa shape index (κ1) is 10.2. The summed E-state index contributed by atoms with van der Waals surface area (Å²) in [4.78, 5) is 11.7. The SMILES string of the molecule is CC[C@@H]1C(=O)CCc2ccc(OC)cc21. The van der Waals surface area contributed by atoms with E-state index in [1.165, 1.54) is 11.1 Å². The number of hydrogen-bond acceptors (Lipinski definition) is 2. The van der Waals surface area contributed by atoms with Crippen LogP contribution in [-0.2, 0) is 11.2 Å². The fourth-order valence-corrected chi connectivity index (χ4v) is 2.31. The smallest absolute Gasteiger partial charge is 0.140 e. The van der Waals surface area contributed by atoms with Gasteiger partial charge in [-0.2, -0.15) is 0 Å². The van der Waals surface area contributed by atoms with Crippen molar-refractivity contribution in [3.8, 4) is 5.75 Å². The van der Waals surface area contributed by atoms with Crippen molar-refractivity contribution in [1.29, 1.82) is 0 Å². The monoisotopic (exact) mass is 204 g/mol. The Morgan fingerprint density at radius 2 is 2.20 bits per heavy atom. The lowest BCUT2D eigenvalue weighted by molar-refractivity contribution is -0.121. The van der Waals surface area contributed by atoms with Crippen LogP contribution in [0.15, 0.2) is 18.2 Å². The van der Waals surface area contributed by atoms with Crippen LogP contribution < -0.4 is 4.74 Å². The first-order valence-corrected chi connectivity index (χ1v) is 5.45. The molecule has 1 aliphatic rings. The summed E-state index contributed by atoms with van der Waals surface area (Å²) < 4.78 is 5.20. The van der Waals surface area contributed by atoms with E-state index in [0.717, 1.165) is 18.6 Å². The fraction of sp³-hybridized carbons (Fsp3) is 0.462. The van der Waals surface area contributed by atoms with Gasteiger partial charge in [0, 0.05) is 12.3 Å². The topological polar surface area (TPSA) is 26.3 Å². The summed E-state index contributed by atoms with van der Waals surface area (Å²) in [7, 11) is 1.66. The number of carbonyl (C=O) groups excluding carboxylic acids is 1. The summed E-state index contributed by atoms with van der Waals surface area (Å²) in [6.45, 7) is 2.07. The second kappa shape index (κ2) is 4.05. The third kappa shape index (κ3) is 1.76. The molecular formula is C13H16O2. The van der Waals surface area contributed by atoms with Gasteiger partial charge < -0.3 is 4.74 Å². The van der Waals surface area contributed by atoms with Crippen LogP contribution in [0.5, 0.6) is 5.75 Å². The van der Waals surface area contributed by atoms with Crippen LogP contribution in [0.4, 0.5) is 0 Å². The van der Waals surface area contributed by atoms with E-state index in [1.54, 1.807) is 7.11 Å². The minimum absolute atomic E-state index is 0.0869. The molecule has 15 heavy (non-hydrogen) atoms. The molecule has 0 heterocycles. The van der Waals surface area contributed by atoms with Gasteiger partial charge in [0.15, 0.2) is 0 Å². The summed E-state index contributed by atoms with van der Waals surface area (Å²) in [6, 6.07) is 6.07. The van der Waals surface area contributed by atoms with Gasteiger partial charge in [0.1, 0.15) is 11.5 Å². The molecule has 0 aliphatic heterocycles. The average molecular weight is 204 g/mol. The van der Waals surface area contributed by atoms with E-state index in [9.17, 15) is 4.79 Å². The standard InChI is InChI=1S/C13H16O2/c1-3-11-12-8-10(15-2)6-4-9(12)5-7-13(11)14/h4,6,8,11H,3,5,7H2,1-2H3/t11-/m0/s1. The predicted octanol–water partition coefficient (Wildman–Crippen LogP) is 2.70. The molecule has 0 saturated carbocycles. The third-order valence-corrected chi connectivity index (χ3v) is 3.17. The van der Waals surface area contributed by atoms with E-state index in [4.69, 9.17) is 4.74 Å². The zero-order valence-electron chi connectivity index (χ0n) is 9.25. The molecule has 0 amide bonds. The lowest BCUT2D eigenvalue weighted by atomic mass is 9.80. The maximum atomic E-state index is 11.7. The molecule has 1 aromatic rings. The number of hydrogen-bond donors (Lipinski definition) is 0. The number of rotatable bonds is 2. The highest BCUT2D eigenvalue weighted by atomic mass is 16.5. The number of benzene rings is 1. The van der Waals surface area contributed by atoms with Crippen molar-refractivity contribution in [2.45, 2.75) is 32.1 Å². The van der Waals surface area contributed by atoms with Crippen molar-refractivity contribution >= 4 is 5.78 Å². The first-order valence-electron chi connectivity index (χ1n) is 5.45. The maximum absolute atomic E-state index is 11.7. The number of ether oxygens (including phenoxy) is 1. The molecule has 2 nitrogen and oxygen atoms in total. The van der Waals surface area contributed by atoms with E-state index in [1.807, 2.05) is 12.1 Å². The molecule has 1 aliphatic carbocycles. The van der Waals surface area contributed by atoms with Crippen LogP contribution in [0.1, 0.15) is 36.8 Å². The molecule has 0 N–H and O–H groups in total. The van der Waals surface area contributed by atoms with Gasteiger partial charge in [-0.3, -0.25) is 4.79 Å². The highest BCUT2D eigenvalue weighted by Gasteiger charge is 2.26. The predicted molar refractivity (Wildman–Crippen MR) is 59.4 cm³/mol. The van der Waals surface area contributed by atoms with Crippen molar-refractivity contribution in [1.82, 2.24) is 0 Å². The molecule has 1 atom stereocenters. The quantitative estimate of drug-likeness (QED) is 0.740. The van der Waals surface area contributed by atoms with Gasteiger partial charge in [-0.1, -0.05) is 13.0 Å². The highest BCUT2D eigenvalue weighted by molar-refractivity contribution is 5.88. The van der Waals surface area contributed by atoms with Gasteiger partial charge in [0.05, 0.1) is 7.11 Å². The largest absolute Gasteiger partial charge is 0.497 e. The van der Waals surface area contributed by atoms with Gasteiger partial charge in [0.2, 0.25) is 0 Å². The van der Waals surface area contributed by atoms with Crippen LogP contribution >= 0.6 is 0 Å². The molecule has 0 unspecified atom stereocenters. The average Bonchev–Trinajstić information content (AvgIpc) is 2.28. The van der Waals surface area contributed by atoms with Crippen LogP contribution in [0.25, 0.3) is 0 Å². The Hall–Kier alpha value is -1.31. The summed E-state index contributed by atoms with van der Waals surface area (Å²) in [5, 5.41) is 0. The summed E-state index contributed by atoms with van der Waals surface area (Å²) in [6.07, 6.45) is 2.46. The molecule has 0 fully saturated rings. The Balaban J connectivity index is 2.45. The summed E-state index contributed by atoms with van der Waals surface area (Å²) in [5.74, 6) is 1.31. The van der Waals surface area contributed by atoms with Crippen molar-refractivity contribution < 1.29 is 9.53 Å². The van der Waals surface area contributed by atoms with Crippen molar-refractivity contribution in [3.05, 3.63) is 29.3 Å². The van der Waals surface area contributed by atoms with Gasteiger partial charge in [0.25, 0.3) is 0 Å². The van der Waals surface area contributed by atoms with E-state index < -0.39 is 0 Å². The van der Waals surface area contributed by atoms with Gasteiger partial charge >= 0.3 is 0 Å². The highest BCUT2D eigenvalue weighted by Crippen LogP contribution is 2.33. The van der Waals surface area contributed by atoms with Crippen LogP contribution in [-0.4, -0.2) is 12.9 Å². The lowest BCUT2D eigenvalue weighted by Crippen LogP contribution is -2.19. The minimum atomic E-state index is 0.0869. The molecule has 0 radical (unpaired) electrons. The fourth-order valence-electron chi connectivity index (χ4n) is 2.31. The molecule has 2 heteroatoms. The Bertz CT molecular complexity index is 382. The second-order valence-corrected chi connectivity index (χ2v) is 3.99. The van der Waals surface area contributed by atoms with Crippen molar-refractivity contribution in [2.75, 3.05) is 7.11 Å². The lowest BCUT2D eigenvalue weighted by Gasteiger charge is -2.23. The van der Waals surface area contributed by atoms with Crippen LogP contribution in [0, 0.1) is 0 Å². The van der Waals surface area contributed by atoms with Crippen molar-refractivity contribution in [2.24, 2.45) is 0 Å². The summed E-state index contributed by atoms with van der Waals surface area (Å²) >= 11 is 0. The third-order valence-electron chi connectivity index (χ3n) is 3.17. The molecule has 0 spiro atoms. The Morgan fingerprint density at radius 1 is 1.40 bits per heavy atom. The minimum Gasteiger partial charge on any atom is -0.497 e. The Kier molecular flexibility index (Phi) is 2.76. The molecule has 1 aromatic carbocycles. The van der Waals surface area contributed by atoms with Gasteiger partial charge in [-0.05, 0) is 36.1 Å². The number of Topliss-reactive ketones (excluding diaryl/α,β-unsaturated/α-hetero) is 1. The number of methoxy groups -OCH3 is 1. The van der Waals surface area contributed by atoms with Gasteiger partial charge in [-0.25, -0.2) is 0 Å². The van der Waals surface area contributed by atoms with E-state index in [-0.39, 0.29) is 5.92 Å². The normalized spacial score (nSPS) is 19.9. The maximum Gasteiger partial charge on any atom is 0.140 e. The number of carbonyl (C=O) groups is 1. The molecule has 0 saturated heterocycles. The molecule has 0 bridgehead atoms. The second-order valence-electron chi connectivity index (χ2n) is 3.99. The first-order chi connectivity index (χ1) is 7.26.